The zero-order valence-electron chi connectivity index (χ0n) is 12.7. The lowest BCUT2D eigenvalue weighted by Gasteiger charge is -2.28. The molecule has 0 radical (unpaired) electrons. The van der Waals surface area contributed by atoms with E-state index in [0.29, 0.717) is 25.1 Å². The van der Waals surface area contributed by atoms with Crippen LogP contribution >= 0.6 is 15.9 Å². The van der Waals surface area contributed by atoms with Crippen molar-refractivity contribution in [1.29, 1.82) is 0 Å². The molecular formula is C17H16BrN3O2. The van der Waals surface area contributed by atoms with Crippen molar-refractivity contribution in [3.8, 4) is 0 Å². The van der Waals surface area contributed by atoms with Gasteiger partial charge < -0.3 is 10.2 Å². The summed E-state index contributed by atoms with van der Waals surface area (Å²) in [5, 5.41) is 2.89. The van der Waals surface area contributed by atoms with Gasteiger partial charge in [-0.2, -0.15) is 0 Å². The van der Waals surface area contributed by atoms with Gasteiger partial charge in [-0.05, 0) is 41.8 Å². The normalized spacial score (nSPS) is 13.4. The molecule has 0 saturated heterocycles. The van der Waals surface area contributed by atoms with E-state index in [2.05, 4.69) is 26.2 Å². The fourth-order valence-corrected chi connectivity index (χ4v) is 2.95. The molecule has 0 fully saturated rings. The Morgan fingerprint density at radius 1 is 1.22 bits per heavy atom. The van der Waals surface area contributed by atoms with Crippen molar-refractivity contribution in [2.24, 2.45) is 0 Å². The van der Waals surface area contributed by atoms with Crippen LogP contribution < -0.4 is 5.32 Å². The summed E-state index contributed by atoms with van der Waals surface area (Å²) in [6.45, 7) is 2.70. The zero-order valence-corrected chi connectivity index (χ0v) is 14.3. The van der Waals surface area contributed by atoms with E-state index in [1.807, 2.05) is 24.3 Å². The summed E-state index contributed by atoms with van der Waals surface area (Å²) in [5.74, 6) is -0.131. The van der Waals surface area contributed by atoms with Gasteiger partial charge in [-0.15, -0.1) is 0 Å². The minimum atomic E-state index is -0.173. The van der Waals surface area contributed by atoms with Crippen LogP contribution in [0.2, 0.25) is 0 Å². The first-order chi connectivity index (χ1) is 11.0. The topological polar surface area (TPSA) is 62.3 Å². The summed E-state index contributed by atoms with van der Waals surface area (Å²) < 4.78 is 0.957. The van der Waals surface area contributed by atoms with Crippen LogP contribution in [0.15, 0.2) is 41.1 Å². The number of fused-ring (bicyclic) bond motifs is 1. The van der Waals surface area contributed by atoms with Crippen molar-refractivity contribution in [3.63, 3.8) is 0 Å². The highest BCUT2D eigenvalue weighted by Crippen LogP contribution is 2.23. The number of pyridine rings is 1. The van der Waals surface area contributed by atoms with Crippen molar-refractivity contribution in [3.05, 3.63) is 57.8 Å². The first-order valence-corrected chi connectivity index (χ1v) is 8.12. The number of anilines is 1. The Kier molecular flexibility index (Phi) is 4.43. The lowest BCUT2D eigenvalue weighted by atomic mass is 9.96. The molecule has 0 atom stereocenters. The van der Waals surface area contributed by atoms with Crippen molar-refractivity contribution in [2.45, 2.75) is 19.9 Å². The second-order valence-corrected chi connectivity index (χ2v) is 6.39. The Balaban J connectivity index is 1.83. The van der Waals surface area contributed by atoms with Crippen LogP contribution in [0.25, 0.3) is 0 Å². The predicted octanol–water partition coefficient (Wildman–Crippen LogP) is 3.00. The largest absolute Gasteiger partial charge is 0.338 e. The molecule has 3 rings (SSSR count). The summed E-state index contributed by atoms with van der Waals surface area (Å²) >= 11 is 3.37. The third-order valence-corrected chi connectivity index (χ3v) is 4.46. The van der Waals surface area contributed by atoms with Gasteiger partial charge in [0.25, 0.3) is 5.91 Å². The van der Waals surface area contributed by atoms with Crippen LogP contribution in [0.4, 0.5) is 5.69 Å². The molecule has 2 aromatic rings. The Bertz CT molecular complexity index is 759. The lowest BCUT2D eigenvalue weighted by molar-refractivity contribution is -0.129. The quantitative estimate of drug-likeness (QED) is 0.879. The molecule has 6 heteroatoms. The molecule has 5 nitrogen and oxygen atoms in total. The SMILES string of the molecule is CC(=O)N1CCc2c(cncc2C(=O)Nc2ccc(Br)cc2)C1. The Morgan fingerprint density at radius 3 is 2.65 bits per heavy atom. The average molecular weight is 374 g/mol. The number of carbonyl (C=O) groups is 2. The third-order valence-electron chi connectivity index (χ3n) is 3.93. The van der Waals surface area contributed by atoms with Gasteiger partial charge in [0, 0.05) is 42.6 Å². The summed E-state index contributed by atoms with van der Waals surface area (Å²) in [6, 6.07) is 7.42. The Labute approximate surface area is 142 Å². The fraction of sp³-hybridized carbons (Fsp3) is 0.235. The molecule has 0 aliphatic carbocycles. The van der Waals surface area contributed by atoms with Gasteiger partial charge in [-0.1, -0.05) is 15.9 Å². The molecule has 0 bridgehead atoms. The van der Waals surface area contributed by atoms with Gasteiger partial charge >= 0.3 is 0 Å². The van der Waals surface area contributed by atoms with Crippen molar-refractivity contribution in [1.82, 2.24) is 9.88 Å². The van der Waals surface area contributed by atoms with Crippen molar-refractivity contribution >= 4 is 33.4 Å². The molecule has 0 spiro atoms. The van der Waals surface area contributed by atoms with Crippen LogP contribution in [0, 0.1) is 0 Å². The number of nitrogens with zero attached hydrogens (tertiary/aromatic N) is 2. The summed E-state index contributed by atoms with van der Waals surface area (Å²) in [7, 11) is 0. The van der Waals surface area contributed by atoms with Gasteiger partial charge in [0.1, 0.15) is 0 Å². The van der Waals surface area contributed by atoms with Crippen LogP contribution in [-0.4, -0.2) is 28.2 Å². The number of rotatable bonds is 2. The summed E-state index contributed by atoms with van der Waals surface area (Å²) in [5.41, 5.74) is 3.23. The molecule has 0 saturated carbocycles. The number of hydrogen-bond donors (Lipinski definition) is 1. The summed E-state index contributed by atoms with van der Waals surface area (Å²) in [4.78, 5) is 30.0. The predicted molar refractivity (Wildman–Crippen MR) is 91.1 cm³/mol. The molecule has 1 N–H and O–H groups in total. The molecule has 1 aromatic carbocycles. The maximum Gasteiger partial charge on any atom is 0.257 e. The van der Waals surface area contributed by atoms with Gasteiger partial charge in [0.05, 0.1) is 5.56 Å². The second-order valence-electron chi connectivity index (χ2n) is 5.48. The van der Waals surface area contributed by atoms with Gasteiger partial charge in [0.15, 0.2) is 0 Å². The highest BCUT2D eigenvalue weighted by Gasteiger charge is 2.23. The monoisotopic (exact) mass is 373 g/mol. The molecule has 118 valence electrons. The van der Waals surface area contributed by atoms with Crippen LogP contribution in [0.3, 0.4) is 0 Å². The number of carbonyl (C=O) groups excluding carboxylic acids is 2. The van der Waals surface area contributed by atoms with Gasteiger partial charge in [-0.25, -0.2) is 0 Å². The number of amides is 2. The Hall–Kier alpha value is -2.21. The van der Waals surface area contributed by atoms with Crippen LogP contribution in [0.5, 0.6) is 0 Å². The second kappa shape index (κ2) is 6.50. The third kappa shape index (κ3) is 3.42. The Morgan fingerprint density at radius 2 is 1.96 bits per heavy atom. The first kappa shape index (κ1) is 15.7. The van der Waals surface area contributed by atoms with Crippen molar-refractivity contribution < 1.29 is 9.59 Å². The number of benzene rings is 1. The van der Waals surface area contributed by atoms with E-state index in [-0.39, 0.29) is 11.8 Å². The van der Waals surface area contributed by atoms with E-state index in [4.69, 9.17) is 0 Å². The van der Waals surface area contributed by atoms with E-state index in [9.17, 15) is 9.59 Å². The van der Waals surface area contributed by atoms with Gasteiger partial charge in [0.2, 0.25) is 5.91 Å². The molecule has 2 heterocycles. The standard InChI is InChI=1S/C17H16BrN3O2/c1-11(22)21-7-6-15-12(10-21)8-19-9-16(15)17(23)20-14-4-2-13(18)3-5-14/h2-5,8-9H,6-7,10H2,1H3,(H,20,23). The molecular weight excluding hydrogens is 358 g/mol. The van der Waals surface area contributed by atoms with E-state index in [1.54, 1.807) is 24.2 Å². The fourth-order valence-electron chi connectivity index (χ4n) is 2.69. The molecule has 0 unspecified atom stereocenters. The van der Waals surface area contributed by atoms with Crippen molar-refractivity contribution in [2.75, 3.05) is 11.9 Å². The maximum atomic E-state index is 12.5. The first-order valence-electron chi connectivity index (χ1n) is 7.33. The van der Waals surface area contributed by atoms with Gasteiger partial charge in [-0.3, -0.25) is 14.6 Å². The molecule has 1 aromatic heterocycles. The van der Waals surface area contributed by atoms with Crippen LogP contribution in [-0.2, 0) is 17.8 Å². The molecule has 1 aliphatic heterocycles. The zero-order chi connectivity index (χ0) is 16.4. The minimum Gasteiger partial charge on any atom is -0.338 e. The highest BCUT2D eigenvalue weighted by atomic mass is 79.9. The number of nitrogens with one attached hydrogen (secondary N) is 1. The molecule has 1 aliphatic rings. The average Bonchev–Trinajstić information content (AvgIpc) is 2.55. The molecule has 2 amide bonds. The highest BCUT2D eigenvalue weighted by molar-refractivity contribution is 9.10. The maximum absolute atomic E-state index is 12.5. The van der Waals surface area contributed by atoms with E-state index >= 15 is 0 Å². The van der Waals surface area contributed by atoms with E-state index in [0.717, 1.165) is 21.3 Å². The smallest absolute Gasteiger partial charge is 0.257 e. The molecule has 23 heavy (non-hydrogen) atoms. The number of aromatic nitrogens is 1. The summed E-state index contributed by atoms with van der Waals surface area (Å²) in [6.07, 6.45) is 4.00. The van der Waals surface area contributed by atoms with Crippen LogP contribution in [0.1, 0.15) is 28.4 Å². The minimum absolute atomic E-state index is 0.0420. The lowest BCUT2D eigenvalue weighted by Crippen LogP contribution is -2.35. The number of hydrogen-bond acceptors (Lipinski definition) is 3. The number of halogens is 1. The van der Waals surface area contributed by atoms with E-state index < -0.39 is 0 Å². The van der Waals surface area contributed by atoms with E-state index in [1.165, 1.54) is 0 Å².